The molecule has 3 nitrogen and oxygen atoms in total. The Balaban J connectivity index is 1.64. The molecule has 4 rings (SSSR count). The maximum absolute atomic E-state index is 12.7. The van der Waals surface area contributed by atoms with E-state index in [1.165, 1.54) is 12.8 Å². The molecule has 118 valence electrons. The van der Waals surface area contributed by atoms with E-state index >= 15 is 0 Å². The number of carbonyl (C=O) groups excluding carboxylic acids is 1. The van der Waals surface area contributed by atoms with E-state index in [-0.39, 0.29) is 11.8 Å². The van der Waals surface area contributed by atoms with Crippen LogP contribution in [0.15, 0.2) is 48.7 Å². The van der Waals surface area contributed by atoms with Gasteiger partial charge in [-0.1, -0.05) is 49.2 Å². The third-order valence-corrected chi connectivity index (χ3v) is 5.53. The molecule has 1 amide bonds. The van der Waals surface area contributed by atoms with Crippen molar-refractivity contribution in [1.82, 2.24) is 9.88 Å². The van der Waals surface area contributed by atoms with Gasteiger partial charge in [0.25, 0.3) is 0 Å². The maximum atomic E-state index is 12.7. The van der Waals surface area contributed by atoms with Crippen molar-refractivity contribution in [3.63, 3.8) is 0 Å². The monoisotopic (exact) mass is 306 g/mol. The van der Waals surface area contributed by atoms with Gasteiger partial charge < -0.3 is 4.90 Å². The number of likely N-dealkylation sites (N-methyl/N-ethyl adjacent to an activating group) is 1. The van der Waals surface area contributed by atoms with Gasteiger partial charge in [0.2, 0.25) is 5.91 Å². The number of pyridine rings is 1. The Morgan fingerprint density at radius 1 is 1.00 bits per heavy atom. The molecule has 0 unspecified atom stereocenters. The third kappa shape index (κ3) is 2.44. The lowest BCUT2D eigenvalue weighted by Crippen LogP contribution is -2.33. The normalized spacial score (nSPS) is 27.1. The van der Waals surface area contributed by atoms with Crippen LogP contribution in [0.4, 0.5) is 0 Å². The molecule has 2 heterocycles. The van der Waals surface area contributed by atoms with Gasteiger partial charge in [0.05, 0.1) is 11.6 Å². The van der Waals surface area contributed by atoms with E-state index in [1.807, 2.05) is 36.3 Å². The van der Waals surface area contributed by atoms with Gasteiger partial charge in [-0.3, -0.25) is 9.78 Å². The smallest absolute Gasteiger partial charge is 0.232 e. The number of benzene rings is 1. The summed E-state index contributed by atoms with van der Waals surface area (Å²) in [6.07, 6.45) is 6.68. The van der Waals surface area contributed by atoms with E-state index in [9.17, 15) is 4.79 Å². The number of carbonyl (C=O) groups is 1. The molecule has 1 aromatic heterocycles. The van der Waals surface area contributed by atoms with Gasteiger partial charge in [0, 0.05) is 24.8 Å². The molecule has 0 N–H and O–H groups in total. The fraction of sp³-hybridized carbons (Fsp3) is 0.400. The molecule has 0 spiro atoms. The van der Waals surface area contributed by atoms with Crippen molar-refractivity contribution in [3.8, 4) is 11.1 Å². The van der Waals surface area contributed by atoms with Crippen LogP contribution < -0.4 is 0 Å². The van der Waals surface area contributed by atoms with E-state index in [2.05, 4.69) is 29.2 Å². The molecule has 2 aliphatic rings. The van der Waals surface area contributed by atoms with Gasteiger partial charge in [-0.2, -0.15) is 0 Å². The summed E-state index contributed by atoms with van der Waals surface area (Å²) in [5.74, 6) is 0.647. The first-order valence-corrected chi connectivity index (χ1v) is 8.54. The molecule has 1 aliphatic carbocycles. The van der Waals surface area contributed by atoms with Gasteiger partial charge in [-0.25, -0.2) is 0 Å². The van der Waals surface area contributed by atoms with Crippen molar-refractivity contribution < 1.29 is 4.79 Å². The Morgan fingerprint density at radius 3 is 2.52 bits per heavy atom. The minimum Gasteiger partial charge on any atom is -0.342 e. The molecule has 2 aromatic rings. The summed E-state index contributed by atoms with van der Waals surface area (Å²) in [5, 5.41) is 0. The van der Waals surface area contributed by atoms with Crippen LogP contribution in [0, 0.1) is 5.92 Å². The highest BCUT2D eigenvalue weighted by molar-refractivity contribution is 5.86. The number of hydrogen-bond acceptors (Lipinski definition) is 2. The molecule has 1 aliphatic heterocycles. The lowest BCUT2D eigenvalue weighted by atomic mass is 9.78. The highest BCUT2D eigenvalue weighted by atomic mass is 16.2. The van der Waals surface area contributed by atoms with Gasteiger partial charge >= 0.3 is 0 Å². The largest absolute Gasteiger partial charge is 0.342 e. The second-order valence-electron chi connectivity index (χ2n) is 6.78. The second kappa shape index (κ2) is 5.80. The van der Waals surface area contributed by atoms with E-state index in [1.54, 1.807) is 0 Å². The topological polar surface area (TPSA) is 33.2 Å². The van der Waals surface area contributed by atoms with E-state index in [0.717, 1.165) is 29.7 Å². The molecular weight excluding hydrogens is 284 g/mol. The molecule has 23 heavy (non-hydrogen) atoms. The van der Waals surface area contributed by atoms with Crippen LogP contribution in [-0.2, 0) is 4.79 Å². The fourth-order valence-corrected chi connectivity index (χ4v) is 4.31. The standard InChI is InChI=1S/C20H22N2O/c1-22-18-10-6-5-9-16(18)19(20(22)23)17-12-11-15(13-21-17)14-7-3-2-4-8-14/h2-4,7-8,11-13,16,18-19H,5-6,9-10H2,1H3/t16-,18+,19+/m1/s1. The Labute approximate surface area is 137 Å². The summed E-state index contributed by atoms with van der Waals surface area (Å²) >= 11 is 0. The van der Waals surface area contributed by atoms with Crippen LogP contribution in [0.3, 0.4) is 0 Å². The Bertz CT molecular complexity index is 695. The van der Waals surface area contributed by atoms with Gasteiger partial charge in [-0.15, -0.1) is 0 Å². The molecular formula is C20H22N2O. The predicted octanol–water partition coefficient (Wildman–Crippen LogP) is 3.86. The van der Waals surface area contributed by atoms with Crippen LogP contribution in [0.5, 0.6) is 0 Å². The zero-order valence-corrected chi connectivity index (χ0v) is 13.5. The van der Waals surface area contributed by atoms with Crippen molar-refractivity contribution in [2.45, 2.75) is 37.6 Å². The fourth-order valence-electron chi connectivity index (χ4n) is 4.31. The summed E-state index contributed by atoms with van der Waals surface area (Å²) < 4.78 is 0. The summed E-state index contributed by atoms with van der Waals surface area (Å²) in [5.41, 5.74) is 3.21. The maximum Gasteiger partial charge on any atom is 0.232 e. The molecule has 3 atom stereocenters. The van der Waals surface area contributed by atoms with Gasteiger partial charge in [0.1, 0.15) is 0 Å². The van der Waals surface area contributed by atoms with Crippen molar-refractivity contribution in [3.05, 3.63) is 54.4 Å². The lowest BCUT2D eigenvalue weighted by molar-refractivity contribution is -0.128. The van der Waals surface area contributed by atoms with Crippen molar-refractivity contribution in [2.24, 2.45) is 5.92 Å². The first-order chi connectivity index (χ1) is 11.3. The zero-order chi connectivity index (χ0) is 15.8. The number of rotatable bonds is 2. The number of aromatic nitrogens is 1. The first-order valence-electron chi connectivity index (χ1n) is 8.54. The number of hydrogen-bond donors (Lipinski definition) is 0. The number of nitrogens with zero attached hydrogens (tertiary/aromatic N) is 2. The van der Waals surface area contributed by atoms with E-state index in [4.69, 9.17) is 0 Å². The van der Waals surface area contributed by atoms with Crippen molar-refractivity contribution in [2.75, 3.05) is 7.05 Å². The van der Waals surface area contributed by atoms with Crippen LogP contribution in [0.1, 0.15) is 37.3 Å². The van der Waals surface area contributed by atoms with Gasteiger partial charge in [0.15, 0.2) is 0 Å². The molecule has 1 aromatic carbocycles. The third-order valence-electron chi connectivity index (χ3n) is 5.53. The molecule has 0 radical (unpaired) electrons. The molecule has 0 bridgehead atoms. The van der Waals surface area contributed by atoms with Crippen LogP contribution in [0.25, 0.3) is 11.1 Å². The van der Waals surface area contributed by atoms with E-state index < -0.39 is 0 Å². The predicted molar refractivity (Wildman–Crippen MR) is 90.9 cm³/mol. The Hall–Kier alpha value is -2.16. The number of fused-ring (bicyclic) bond motifs is 1. The molecule has 2 fully saturated rings. The first kappa shape index (κ1) is 14.4. The van der Waals surface area contributed by atoms with Gasteiger partial charge in [-0.05, 0) is 30.4 Å². The molecule has 1 saturated carbocycles. The van der Waals surface area contributed by atoms with Crippen molar-refractivity contribution >= 4 is 5.91 Å². The van der Waals surface area contributed by atoms with E-state index in [0.29, 0.717) is 12.0 Å². The highest BCUT2D eigenvalue weighted by Crippen LogP contribution is 2.44. The average molecular weight is 306 g/mol. The summed E-state index contributed by atoms with van der Waals surface area (Å²) in [6, 6.07) is 14.8. The number of likely N-dealkylation sites (tertiary alicyclic amines) is 1. The zero-order valence-electron chi connectivity index (χ0n) is 13.5. The number of amides is 1. The SMILES string of the molecule is CN1C(=O)[C@H](c2ccc(-c3ccccc3)cn2)[C@@H]2CCCC[C@@H]21. The Morgan fingerprint density at radius 2 is 1.78 bits per heavy atom. The minimum atomic E-state index is -0.0462. The lowest BCUT2D eigenvalue weighted by Gasteiger charge is -2.29. The summed E-state index contributed by atoms with van der Waals surface area (Å²) in [4.78, 5) is 19.4. The minimum absolute atomic E-state index is 0.0462. The van der Waals surface area contributed by atoms with Crippen molar-refractivity contribution in [1.29, 1.82) is 0 Å². The summed E-state index contributed by atoms with van der Waals surface area (Å²) in [6.45, 7) is 0. The quantitative estimate of drug-likeness (QED) is 0.844. The Kier molecular flexibility index (Phi) is 3.64. The van der Waals surface area contributed by atoms with Crippen LogP contribution >= 0.6 is 0 Å². The highest BCUT2D eigenvalue weighted by Gasteiger charge is 2.48. The van der Waals surface area contributed by atoms with Crippen LogP contribution in [0.2, 0.25) is 0 Å². The second-order valence-corrected chi connectivity index (χ2v) is 6.78. The summed E-state index contributed by atoms with van der Waals surface area (Å²) in [7, 11) is 1.96. The molecule has 3 heteroatoms. The molecule has 1 saturated heterocycles. The van der Waals surface area contributed by atoms with Crippen LogP contribution in [-0.4, -0.2) is 28.9 Å². The average Bonchev–Trinajstić information content (AvgIpc) is 2.87.